The first kappa shape index (κ1) is 42.6. The van der Waals surface area contributed by atoms with Gasteiger partial charge in [-0.25, -0.2) is 9.59 Å². The van der Waals surface area contributed by atoms with Gasteiger partial charge in [-0.05, 0) is 74.1 Å². The summed E-state index contributed by atoms with van der Waals surface area (Å²) in [7, 11) is 0. The lowest BCUT2D eigenvalue weighted by Gasteiger charge is -2.26. The smallest absolute Gasteiger partial charge is 0.475 e. The predicted molar refractivity (Wildman–Crippen MR) is 200 cm³/mol. The van der Waals surface area contributed by atoms with Crippen LogP contribution >= 0.6 is 0 Å². The normalized spacial score (nSPS) is 18.7. The quantitative estimate of drug-likeness (QED) is 0.0372. The van der Waals surface area contributed by atoms with Crippen LogP contribution in [0.25, 0.3) is 11.1 Å². The van der Waals surface area contributed by atoms with Crippen molar-refractivity contribution in [2.75, 3.05) is 18.0 Å². The van der Waals surface area contributed by atoms with Crippen LogP contribution in [0.15, 0.2) is 71.7 Å². The third-order valence-electron chi connectivity index (χ3n) is 9.15. The van der Waals surface area contributed by atoms with Gasteiger partial charge in [0.25, 0.3) is 11.8 Å². The number of fused-ring (bicyclic) bond motifs is 1. The van der Waals surface area contributed by atoms with Crippen molar-refractivity contribution in [3.05, 3.63) is 83.4 Å². The Balaban J connectivity index is 0.000000908. The number of unbranched alkanes of at least 4 members (excludes halogenated alkanes) is 2. The number of carboxylic acid groups (broad SMARTS) is 1. The fraction of sp³-hybridized carbons (Fsp3) is 0.359. The fourth-order valence-electron chi connectivity index (χ4n) is 6.42. The highest BCUT2D eigenvalue weighted by Crippen LogP contribution is 2.45. The Labute approximate surface area is 320 Å². The van der Waals surface area contributed by atoms with Gasteiger partial charge < -0.3 is 36.2 Å². The number of aldehydes is 2. The molecule has 17 heteroatoms. The number of halogens is 3. The minimum atomic E-state index is -5.08. The van der Waals surface area contributed by atoms with Gasteiger partial charge in [0.2, 0.25) is 0 Å². The number of nitrogens with zero attached hydrogens (tertiary/aromatic N) is 2. The molecule has 0 aliphatic carbocycles. The van der Waals surface area contributed by atoms with Crippen molar-refractivity contribution in [2.24, 2.45) is 16.5 Å². The molecule has 0 radical (unpaired) electrons. The minimum Gasteiger partial charge on any atom is -0.475 e. The van der Waals surface area contributed by atoms with E-state index in [2.05, 4.69) is 15.6 Å². The van der Waals surface area contributed by atoms with E-state index in [0.29, 0.717) is 47.2 Å². The number of carbonyl (C=O) groups is 6. The number of nitrogens with two attached hydrogens (primary N) is 2. The fourth-order valence-corrected chi connectivity index (χ4v) is 6.42. The average Bonchev–Trinajstić information content (AvgIpc) is 3.82. The largest absolute Gasteiger partial charge is 0.490 e. The maximum absolute atomic E-state index is 13.8. The van der Waals surface area contributed by atoms with E-state index in [9.17, 15) is 37.1 Å². The van der Waals surface area contributed by atoms with Gasteiger partial charge in [-0.2, -0.15) is 13.2 Å². The van der Waals surface area contributed by atoms with Gasteiger partial charge in [0.05, 0.1) is 29.6 Å². The Morgan fingerprint density at radius 1 is 0.964 bits per heavy atom. The van der Waals surface area contributed by atoms with E-state index >= 15 is 0 Å². The number of anilines is 2. The van der Waals surface area contributed by atoms with E-state index in [4.69, 9.17) is 26.1 Å². The van der Waals surface area contributed by atoms with Crippen LogP contribution in [0.2, 0.25) is 0 Å². The lowest BCUT2D eigenvalue weighted by molar-refractivity contribution is -0.192. The van der Waals surface area contributed by atoms with Crippen LogP contribution in [0.4, 0.5) is 24.5 Å². The second kappa shape index (κ2) is 18.0. The van der Waals surface area contributed by atoms with Crippen molar-refractivity contribution < 1.29 is 51.8 Å². The lowest BCUT2D eigenvalue weighted by atomic mass is 9.85. The van der Waals surface area contributed by atoms with Gasteiger partial charge in [0, 0.05) is 24.9 Å². The van der Waals surface area contributed by atoms with Gasteiger partial charge in [-0.3, -0.25) is 24.8 Å². The Bertz CT molecular complexity index is 1990. The number of aliphatic imine (C=N–C) groups is 1. The van der Waals surface area contributed by atoms with E-state index < -0.39 is 35.3 Å². The third kappa shape index (κ3) is 9.95. The van der Waals surface area contributed by atoms with Crippen molar-refractivity contribution in [2.45, 2.75) is 75.7 Å². The zero-order chi connectivity index (χ0) is 41.3. The highest BCUT2D eigenvalue weighted by atomic mass is 19.4. The Morgan fingerprint density at radius 3 is 2.18 bits per heavy atom. The van der Waals surface area contributed by atoms with Crippen LogP contribution in [-0.4, -0.2) is 83.8 Å². The molecule has 56 heavy (non-hydrogen) atoms. The number of alkyl halides is 3. The second-order valence-electron chi connectivity index (χ2n) is 13.5. The molecule has 1 unspecified atom stereocenters. The predicted octanol–water partition coefficient (Wildman–Crippen LogP) is 3.74. The molecule has 0 bridgehead atoms. The number of hydrogen-bond donors (Lipinski definition) is 5. The van der Waals surface area contributed by atoms with E-state index in [1.807, 2.05) is 48.5 Å². The zero-order valence-electron chi connectivity index (χ0n) is 30.7. The minimum absolute atomic E-state index is 0.0607. The summed E-state index contributed by atoms with van der Waals surface area (Å²) in [5.74, 6) is -3.97. The summed E-state index contributed by atoms with van der Waals surface area (Å²) in [5.41, 5.74) is 12.5. The summed E-state index contributed by atoms with van der Waals surface area (Å²) < 4.78 is 37.3. The number of nitrogens with one attached hydrogen (secondary N) is 2. The number of hydrogen-bond acceptors (Lipinski definition) is 9. The number of esters is 1. The molecule has 0 aromatic heterocycles. The number of aryl methyl sites for hydroxylation is 1. The molecular weight excluding hydrogens is 737 g/mol. The summed E-state index contributed by atoms with van der Waals surface area (Å²) in [6.07, 6.45) is -1.06. The molecule has 3 aromatic carbocycles. The molecule has 2 aliphatic rings. The molecule has 1 fully saturated rings. The zero-order valence-corrected chi connectivity index (χ0v) is 30.7. The molecule has 14 nitrogen and oxygen atoms in total. The Kier molecular flexibility index (Phi) is 13.7. The Morgan fingerprint density at radius 2 is 1.59 bits per heavy atom. The molecule has 298 valence electrons. The van der Waals surface area contributed by atoms with Crippen molar-refractivity contribution in [3.8, 4) is 11.1 Å². The van der Waals surface area contributed by atoms with Gasteiger partial charge in [0.15, 0.2) is 5.96 Å². The molecule has 2 atom stereocenters. The molecule has 7 N–H and O–H groups in total. The molecular formula is C39H43F3N6O8. The SMILES string of the molecule is CC(C)OC(=O)[C@]1(Cc2ccc(N3C(=O)CNC(=O)c4cc(CCCCCN=C(N)N)ccc43)c(-c3ccccc3)c2)NC1(C=O)CC=O.O=C(O)C(F)(F)F. The van der Waals surface area contributed by atoms with E-state index in [-0.39, 0.29) is 37.2 Å². The van der Waals surface area contributed by atoms with Gasteiger partial charge in [-0.1, -0.05) is 48.9 Å². The van der Waals surface area contributed by atoms with E-state index in [0.717, 1.165) is 36.8 Å². The number of guanidine groups is 1. The summed E-state index contributed by atoms with van der Waals surface area (Å²) in [6, 6.07) is 20.5. The monoisotopic (exact) mass is 780 g/mol. The van der Waals surface area contributed by atoms with Crippen molar-refractivity contribution >= 4 is 53.7 Å². The number of carbonyl (C=O) groups excluding carboxylic acids is 5. The number of amides is 2. The van der Waals surface area contributed by atoms with Crippen LogP contribution < -0.4 is 27.0 Å². The van der Waals surface area contributed by atoms with Crippen LogP contribution in [0.3, 0.4) is 0 Å². The summed E-state index contributed by atoms with van der Waals surface area (Å²) in [4.78, 5) is 78.7. The number of rotatable bonds is 15. The van der Waals surface area contributed by atoms with Crippen LogP contribution in [0, 0.1) is 0 Å². The molecule has 0 saturated carbocycles. The summed E-state index contributed by atoms with van der Waals surface area (Å²) in [5, 5.41) is 12.9. The topological polar surface area (TPSA) is 233 Å². The van der Waals surface area contributed by atoms with Crippen molar-refractivity contribution in [1.29, 1.82) is 0 Å². The Hall–Kier alpha value is -6.10. The van der Waals surface area contributed by atoms with Crippen LogP contribution in [-0.2, 0) is 41.6 Å². The average molecular weight is 781 g/mol. The maximum atomic E-state index is 13.8. The summed E-state index contributed by atoms with van der Waals surface area (Å²) in [6.45, 7) is 3.79. The van der Waals surface area contributed by atoms with Gasteiger partial charge in [-0.15, -0.1) is 0 Å². The first-order valence-corrected chi connectivity index (χ1v) is 17.7. The van der Waals surface area contributed by atoms with Crippen LogP contribution in [0.5, 0.6) is 0 Å². The maximum Gasteiger partial charge on any atom is 0.490 e. The van der Waals surface area contributed by atoms with Gasteiger partial charge >= 0.3 is 18.1 Å². The van der Waals surface area contributed by atoms with E-state index in [1.54, 1.807) is 36.9 Å². The second-order valence-corrected chi connectivity index (χ2v) is 13.5. The van der Waals surface area contributed by atoms with Crippen molar-refractivity contribution in [3.63, 3.8) is 0 Å². The first-order chi connectivity index (χ1) is 26.5. The molecule has 2 aliphatic heterocycles. The molecule has 0 spiro atoms. The molecule has 2 heterocycles. The highest BCUT2D eigenvalue weighted by molar-refractivity contribution is 6.14. The van der Waals surface area contributed by atoms with Gasteiger partial charge in [0.1, 0.15) is 23.7 Å². The molecule has 2 amide bonds. The summed E-state index contributed by atoms with van der Waals surface area (Å²) >= 11 is 0. The number of carboxylic acids is 1. The van der Waals surface area contributed by atoms with E-state index in [1.165, 1.54) is 0 Å². The number of benzene rings is 3. The first-order valence-electron chi connectivity index (χ1n) is 17.7. The highest BCUT2D eigenvalue weighted by Gasteiger charge is 2.72. The number of aliphatic carboxylic acids is 1. The third-order valence-corrected chi connectivity index (χ3v) is 9.15. The van der Waals surface area contributed by atoms with Crippen LogP contribution in [0.1, 0.15) is 61.0 Å². The number of ether oxygens (including phenoxy) is 1. The van der Waals surface area contributed by atoms with Crippen molar-refractivity contribution in [1.82, 2.24) is 10.6 Å². The molecule has 1 saturated heterocycles. The molecule has 3 aromatic rings. The standard InChI is InChI=1S/C37H42N6O6.C2HF3O2/c1-24(2)49-34(48)37(36(23-45,42-37)16-18-44)21-26-13-15-30(28(20-26)27-10-6-3-7-11-27)43-31-14-12-25(9-5-4-8-17-40-35(38)39)19-29(31)33(47)41-22-32(43)46;3-2(4,5)1(6)7/h3,6-7,10-15,18-20,23-24,42H,4-5,8-9,16-17,21-22H2,1-2H3,(H,41,47)(H4,38,39,40);(H,6,7)/t36?,37-;/m0./s1. The molecule has 5 rings (SSSR count). The lowest BCUT2D eigenvalue weighted by Crippen LogP contribution is -2.40.